The van der Waals surface area contributed by atoms with Crippen molar-refractivity contribution in [1.29, 1.82) is 0 Å². The van der Waals surface area contributed by atoms with Gasteiger partial charge in [-0.1, -0.05) is 0 Å². The van der Waals surface area contributed by atoms with Crippen molar-refractivity contribution in [1.82, 2.24) is 4.98 Å². The van der Waals surface area contributed by atoms with Crippen LogP contribution in [0.25, 0.3) is 0 Å². The maximum absolute atomic E-state index is 12.7. The molecule has 0 spiro atoms. The summed E-state index contributed by atoms with van der Waals surface area (Å²) in [5.41, 5.74) is -0.918. The Morgan fingerprint density at radius 3 is 2.47 bits per heavy atom. The number of ether oxygens (including phenoxy) is 1. The minimum absolute atomic E-state index is 0.601. The summed E-state index contributed by atoms with van der Waals surface area (Å²) < 4.78 is 51.2. The maximum Gasteiger partial charge on any atom is 0.574 e. The van der Waals surface area contributed by atoms with E-state index >= 15 is 0 Å². The molecule has 15 heavy (non-hydrogen) atoms. The average Bonchev–Trinajstić information content (AvgIpc) is 2.05. The summed E-state index contributed by atoms with van der Waals surface area (Å²) in [4.78, 5) is 13.5. The summed E-state index contributed by atoms with van der Waals surface area (Å²) in [6.07, 6.45) is -4.96. The number of rotatable bonds is 2. The summed E-state index contributed by atoms with van der Waals surface area (Å²) >= 11 is 4.87. The molecule has 8 heteroatoms. The van der Waals surface area contributed by atoms with Crippen molar-refractivity contribution >= 4 is 16.8 Å². The van der Waals surface area contributed by atoms with Crippen LogP contribution in [0.1, 0.15) is 10.5 Å². The van der Waals surface area contributed by atoms with E-state index in [4.69, 9.17) is 11.6 Å². The van der Waals surface area contributed by atoms with E-state index in [9.17, 15) is 22.4 Å². The summed E-state index contributed by atoms with van der Waals surface area (Å²) in [7, 11) is 0. The van der Waals surface area contributed by atoms with Crippen molar-refractivity contribution in [2.75, 3.05) is 0 Å². The van der Waals surface area contributed by atoms with Gasteiger partial charge in [0, 0.05) is 6.07 Å². The number of pyridine rings is 1. The van der Waals surface area contributed by atoms with Crippen molar-refractivity contribution < 1.29 is 27.1 Å². The molecule has 0 N–H and O–H groups in total. The molecule has 3 nitrogen and oxygen atoms in total. The summed E-state index contributed by atoms with van der Waals surface area (Å²) in [6, 6.07) is 1.23. The molecule has 1 aromatic rings. The normalized spacial score (nSPS) is 11.3. The van der Waals surface area contributed by atoms with E-state index in [-0.39, 0.29) is 0 Å². The standard InChI is InChI=1S/C7H2ClF4NO2/c8-6(14)5-3(9)1-2-4(13-5)15-7(10,11)12/h1-2H. The molecule has 1 aromatic heterocycles. The molecule has 82 valence electrons. The number of halogens is 5. The van der Waals surface area contributed by atoms with Gasteiger partial charge >= 0.3 is 6.36 Å². The quantitative estimate of drug-likeness (QED) is 0.592. The highest BCUT2D eigenvalue weighted by Gasteiger charge is 2.32. The van der Waals surface area contributed by atoms with Gasteiger partial charge in [0.25, 0.3) is 5.24 Å². The smallest absolute Gasteiger partial charge is 0.388 e. The lowest BCUT2D eigenvalue weighted by atomic mass is 10.3. The molecule has 0 amide bonds. The molecular formula is C7H2ClF4NO2. The van der Waals surface area contributed by atoms with E-state index in [0.29, 0.717) is 12.1 Å². The molecule has 0 aromatic carbocycles. The lowest BCUT2D eigenvalue weighted by Gasteiger charge is -2.07. The third kappa shape index (κ3) is 3.35. The first kappa shape index (κ1) is 11.7. The van der Waals surface area contributed by atoms with Gasteiger partial charge in [0.15, 0.2) is 11.5 Å². The van der Waals surface area contributed by atoms with Gasteiger partial charge in [0.05, 0.1) is 0 Å². The third-order valence-corrected chi connectivity index (χ3v) is 1.41. The Kier molecular flexibility index (Phi) is 3.13. The summed E-state index contributed by atoms with van der Waals surface area (Å²) in [5, 5.41) is -1.31. The first-order valence-corrected chi connectivity index (χ1v) is 3.79. The summed E-state index contributed by atoms with van der Waals surface area (Å²) in [5.74, 6) is -2.07. The van der Waals surface area contributed by atoms with E-state index in [1.54, 1.807) is 0 Å². The van der Waals surface area contributed by atoms with Crippen LogP contribution in [0.4, 0.5) is 17.6 Å². The molecule has 0 aliphatic carbocycles. The zero-order chi connectivity index (χ0) is 11.6. The molecule has 0 aliphatic rings. The minimum Gasteiger partial charge on any atom is -0.388 e. The van der Waals surface area contributed by atoms with E-state index < -0.39 is 29.0 Å². The number of hydrogen-bond donors (Lipinski definition) is 0. The second kappa shape index (κ2) is 4.01. The lowest BCUT2D eigenvalue weighted by Crippen LogP contribution is -2.18. The van der Waals surface area contributed by atoms with Gasteiger partial charge in [-0.25, -0.2) is 9.37 Å². The highest BCUT2D eigenvalue weighted by Crippen LogP contribution is 2.22. The Bertz CT molecular complexity index is 393. The Morgan fingerprint density at radius 1 is 1.40 bits per heavy atom. The Morgan fingerprint density at radius 2 is 2.00 bits per heavy atom. The number of nitrogens with zero attached hydrogens (tertiary/aromatic N) is 1. The Hall–Kier alpha value is -1.37. The van der Waals surface area contributed by atoms with Gasteiger partial charge < -0.3 is 4.74 Å². The van der Waals surface area contributed by atoms with Gasteiger partial charge in [-0.05, 0) is 17.7 Å². The van der Waals surface area contributed by atoms with Crippen molar-refractivity contribution in [3.05, 3.63) is 23.6 Å². The van der Waals surface area contributed by atoms with Crippen LogP contribution in [-0.4, -0.2) is 16.6 Å². The molecule has 0 aliphatic heterocycles. The lowest BCUT2D eigenvalue weighted by molar-refractivity contribution is -0.276. The maximum atomic E-state index is 12.7. The molecule has 0 atom stereocenters. The zero-order valence-electron chi connectivity index (χ0n) is 6.81. The third-order valence-electron chi connectivity index (χ3n) is 1.23. The predicted molar refractivity (Wildman–Crippen MR) is 41.1 cm³/mol. The van der Waals surface area contributed by atoms with E-state index in [2.05, 4.69) is 9.72 Å². The molecule has 0 saturated carbocycles. The van der Waals surface area contributed by atoms with Crippen molar-refractivity contribution in [2.24, 2.45) is 0 Å². The first-order valence-electron chi connectivity index (χ1n) is 3.42. The zero-order valence-corrected chi connectivity index (χ0v) is 7.56. The van der Waals surface area contributed by atoms with Gasteiger partial charge in [0.2, 0.25) is 5.88 Å². The van der Waals surface area contributed by atoms with Crippen molar-refractivity contribution in [3.63, 3.8) is 0 Å². The van der Waals surface area contributed by atoms with Crippen LogP contribution in [0.3, 0.4) is 0 Å². The fraction of sp³-hybridized carbons (Fsp3) is 0.143. The Balaban J connectivity index is 3.03. The van der Waals surface area contributed by atoms with Crippen LogP contribution < -0.4 is 4.74 Å². The molecule has 0 saturated heterocycles. The van der Waals surface area contributed by atoms with Crippen LogP contribution in [0.2, 0.25) is 0 Å². The van der Waals surface area contributed by atoms with Crippen LogP contribution in [0.5, 0.6) is 5.88 Å². The minimum atomic E-state index is -4.96. The number of hydrogen-bond acceptors (Lipinski definition) is 3. The fourth-order valence-electron chi connectivity index (χ4n) is 0.737. The van der Waals surface area contributed by atoms with Gasteiger partial charge in [0.1, 0.15) is 0 Å². The highest BCUT2D eigenvalue weighted by molar-refractivity contribution is 6.67. The topological polar surface area (TPSA) is 39.2 Å². The van der Waals surface area contributed by atoms with Crippen LogP contribution in [0.15, 0.2) is 12.1 Å². The molecule has 0 radical (unpaired) electrons. The van der Waals surface area contributed by atoms with Crippen LogP contribution in [0, 0.1) is 5.82 Å². The molecule has 0 unspecified atom stereocenters. The van der Waals surface area contributed by atoms with Crippen LogP contribution in [-0.2, 0) is 0 Å². The largest absolute Gasteiger partial charge is 0.574 e. The first-order chi connectivity index (χ1) is 6.79. The van der Waals surface area contributed by atoms with E-state index in [1.807, 2.05) is 0 Å². The van der Waals surface area contributed by atoms with Gasteiger partial charge in [-0.2, -0.15) is 0 Å². The van der Waals surface area contributed by atoms with E-state index in [1.165, 1.54) is 0 Å². The Labute approximate surface area is 85.6 Å². The van der Waals surface area contributed by atoms with Crippen molar-refractivity contribution in [2.45, 2.75) is 6.36 Å². The van der Waals surface area contributed by atoms with Crippen LogP contribution >= 0.6 is 11.6 Å². The van der Waals surface area contributed by atoms with E-state index in [0.717, 1.165) is 0 Å². The molecule has 0 fully saturated rings. The fourth-order valence-corrected chi connectivity index (χ4v) is 0.870. The predicted octanol–water partition coefficient (Wildman–Crippen LogP) is 2.50. The average molecular weight is 244 g/mol. The summed E-state index contributed by atoms with van der Waals surface area (Å²) in [6.45, 7) is 0. The number of alkyl halides is 3. The van der Waals surface area contributed by atoms with Gasteiger partial charge in [-0.15, -0.1) is 13.2 Å². The van der Waals surface area contributed by atoms with Gasteiger partial charge in [-0.3, -0.25) is 4.79 Å². The second-order valence-electron chi connectivity index (χ2n) is 2.30. The number of aromatic nitrogens is 1. The SMILES string of the molecule is O=C(Cl)c1nc(OC(F)(F)F)ccc1F. The molecule has 1 rings (SSSR count). The number of carbonyl (C=O) groups is 1. The monoisotopic (exact) mass is 243 g/mol. The van der Waals surface area contributed by atoms with Crippen molar-refractivity contribution in [3.8, 4) is 5.88 Å². The molecule has 1 heterocycles. The highest BCUT2D eigenvalue weighted by atomic mass is 35.5. The second-order valence-corrected chi connectivity index (χ2v) is 2.64. The molecular weight excluding hydrogens is 242 g/mol. The number of carbonyl (C=O) groups excluding carboxylic acids is 1. The molecule has 0 bridgehead atoms.